The van der Waals surface area contributed by atoms with E-state index in [1.807, 2.05) is 38.1 Å². The van der Waals surface area contributed by atoms with Gasteiger partial charge in [-0.25, -0.2) is 8.42 Å². The molecule has 1 N–H and O–H groups in total. The Morgan fingerprint density at radius 3 is 2.25 bits per heavy atom. The number of anilines is 1. The summed E-state index contributed by atoms with van der Waals surface area (Å²) >= 11 is 9.40. The zero-order chi connectivity index (χ0) is 24.1. The molecule has 2 amide bonds. The van der Waals surface area contributed by atoms with E-state index in [1.54, 1.807) is 25.1 Å². The van der Waals surface area contributed by atoms with Gasteiger partial charge in [-0.1, -0.05) is 45.7 Å². The molecule has 0 unspecified atom stereocenters. The van der Waals surface area contributed by atoms with Crippen molar-refractivity contribution in [3.63, 3.8) is 0 Å². The Labute approximate surface area is 202 Å². The van der Waals surface area contributed by atoms with E-state index in [1.165, 1.54) is 11.0 Å². The molecule has 0 heterocycles. The van der Waals surface area contributed by atoms with Crippen LogP contribution in [-0.4, -0.2) is 50.0 Å². The van der Waals surface area contributed by atoms with Crippen LogP contribution in [0.3, 0.4) is 0 Å². The highest BCUT2D eigenvalue weighted by atomic mass is 79.9. The Kier molecular flexibility index (Phi) is 9.12. The first-order chi connectivity index (χ1) is 14.9. The molecule has 174 valence electrons. The smallest absolute Gasteiger partial charge is 0.244 e. The molecule has 0 fully saturated rings. The average Bonchev–Trinajstić information content (AvgIpc) is 2.69. The van der Waals surface area contributed by atoms with Gasteiger partial charge in [0, 0.05) is 22.1 Å². The summed E-state index contributed by atoms with van der Waals surface area (Å²) in [5, 5.41) is 3.15. The lowest BCUT2D eigenvalue weighted by atomic mass is 10.1. The number of hydrogen-bond donors (Lipinski definition) is 1. The lowest BCUT2D eigenvalue weighted by molar-refractivity contribution is -0.139. The van der Waals surface area contributed by atoms with Crippen molar-refractivity contribution in [1.82, 2.24) is 10.2 Å². The lowest BCUT2D eigenvalue weighted by Crippen LogP contribution is -2.52. The van der Waals surface area contributed by atoms with Gasteiger partial charge in [0.15, 0.2) is 0 Å². The third-order valence-corrected chi connectivity index (χ3v) is 6.54. The van der Waals surface area contributed by atoms with Crippen LogP contribution in [0.15, 0.2) is 53.0 Å². The number of nitrogens with one attached hydrogen (secondary N) is 1. The maximum atomic E-state index is 13.4. The molecule has 2 aromatic carbocycles. The molecule has 32 heavy (non-hydrogen) atoms. The molecule has 0 aliphatic carbocycles. The fourth-order valence-electron chi connectivity index (χ4n) is 3.02. The first-order valence-electron chi connectivity index (χ1n) is 9.96. The average molecular weight is 545 g/mol. The van der Waals surface area contributed by atoms with Gasteiger partial charge < -0.3 is 10.2 Å². The predicted octanol–water partition coefficient (Wildman–Crippen LogP) is 3.81. The first-order valence-corrected chi connectivity index (χ1v) is 13.0. The van der Waals surface area contributed by atoms with Crippen LogP contribution >= 0.6 is 27.5 Å². The maximum Gasteiger partial charge on any atom is 0.244 e. The number of rotatable bonds is 9. The minimum absolute atomic E-state index is 0.103. The highest BCUT2D eigenvalue weighted by Gasteiger charge is 2.30. The molecule has 0 aliphatic heterocycles. The van der Waals surface area contributed by atoms with E-state index in [-0.39, 0.29) is 24.2 Å². The molecule has 7 nitrogen and oxygen atoms in total. The second kappa shape index (κ2) is 11.2. The van der Waals surface area contributed by atoms with Crippen LogP contribution in [-0.2, 0) is 26.2 Å². The van der Waals surface area contributed by atoms with Gasteiger partial charge in [-0.15, -0.1) is 0 Å². The summed E-state index contributed by atoms with van der Waals surface area (Å²) in [6, 6.07) is 12.7. The van der Waals surface area contributed by atoms with Gasteiger partial charge in [-0.3, -0.25) is 13.9 Å². The summed E-state index contributed by atoms with van der Waals surface area (Å²) in [4.78, 5) is 27.4. The second-order valence-corrected chi connectivity index (χ2v) is 11.0. The number of benzene rings is 2. The number of sulfonamides is 1. The van der Waals surface area contributed by atoms with Crippen molar-refractivity contribution in [2.24, 2.45) is 0 Å². The third kappa shape index (κ3) is 7.50. The first kappa shape index (κ1) is 26.2. The molecule has 0 saturated carbocycles. The monoisotopic (exact) mass is 543 g/mol. The summed E-state index contributed by atoms with van der Waals surface area (Å²) in [5.74, 6) is -0.830. The number of halogens is 2. The highest BCUT2D eigenvalue weighted by molar-refractivity contribution is 9.10. The Bertz CT molecular complexity index is 1060. The van der Waals surface area contributed by atoms with Crippen LogP contribution in [0.1, 0.15) is 26.3 Å². The molecular weight excluding hydrogens is 518 g/mol. The molecule has 0 aliphatic rings. The van der Waals surface area contributed by atoms with E-state index in [9.17, 15) is 18.0 Å². The van der Waals surface area contributed by atoms with Crippen LogP contribution in [0.4, 0.5) is 5.69 Å². The van der Waals surface area contributed by atoms with E-state index in [0.717, 1.165) is 20.6 Å². The Balaban J connectivity index is 2.38. The number of carbonyl (C=O) groups is 2. The maximum absolute atomic E-state index is 13.4. The fraction of sp³-hybridized carbons (Fsp3) is 0.364. The van der Waals surface area contributed by atoms with Crippen molar-refractivity contribution >= 4 is 55.1 Å². The summed E-state index contributed by atoms with van der Waals surface area (Å²) in [5.41, 5.74) is 1.08. The molecule has 0 spiro atoms. The Hall–Kier alpha value is -2.10. The van der Waals surface area contributed by atoms with Gasteiger partial charge in [-0.05, 0) is 56.7 Å². The zero-order valence-corrected chi connectivity index (χ0v) is 21.5. The fourth-order valence-corrected chi connectivity index (χ4v) is 4.31. The highest BCUT2D eigenvalue weighted by Crippen LogP contribution is 2.23. The normalized spacial score (nSPS) is 12.3. The van der Waals surface area contributed by atoms with Crippen LogP contribution in [0.5, 0.6) is 0 Å². The third-order valence-electron chi connectivity index (χ3n) is 4.64. The minimum Gasteiger partial charge on any atom is -0.352 e. The van der Waals surface area contributed by atoms with Crippen molar-refractivity contribution < 1.29 is 18.0 Å². The van der Waals surface area contributed by atoms with Gasteiger partial charge in [-0.2, -0.15) is 0 Å². The number of hydrogen-bond acceptors (Lipinski definition) is 4. The van der Waals surface area contributed by atoms with E-state index in [2.05, 4.69) is 21.2 Å². The van der Waals surface area contributed by atoms with Crippen molar-refractivity contribution in [2.75, 3.05) is 17.1 Å². The van der Waals surface area contributed by atoms with Gasteiger partial charge in [0.2, 0.25) is 21.8 Å². The van der Waals surface area contributed by atoms with Crippen LogP contribution in [0.25, 0.3) is 0 Å². The molecule has 0 aromatic heterocycles. The van der Waals surface area contributed by atoms with Crippen LogP contribution in [0, 0.1) is 0 Å². The Morgan fingerprint density at radius 2 is 1.72 bits per heavy atom. The SMILES string of the molecule is CC(C)NC(=O)[C@@H](C)N(Cc1ccc(Br)cc1)C(=O)CN(c1cccc(Cl)c1)S(C)(=O)=O. The van der Waals surface area contributed by atoms with E-state index in [0.29, 0.717) is 5.02 Å². The summed E-state index contributed by atoms with van der Waals surface area (Å²) in [7, 11) is -3.79. The van der Waals surface area contributed by atoms with Crippen molar-refractivity contribution in [2.45, 2.75) is 39.4 Å². The van der Waals surface area contributed by atoms with E-state index >= 15 is 0 Å². The molecule has 2 rings (SSSR count). The van der Waals surface area contributed by atoms with Gasteiger partial charge in [0.25, 0.3) is 0 Å². The van der Waals surface area contributed by atoms with Crippen molar-refractivity contribution in [1.29, 1.82) is 0 Å². The molecule has 0 bridgehead atoms. The van der Waals surface area contributed by atoms with E-state index in [4.69, 9.17) is 11.6 Å². The summed E-state index contributed by atoms with van der Waals surface area (Å²) < 4.78 is 26.8. The summed E-state index contributed by atoms with van der Waals surface area (Å²) in [6.07, 6.45) is 1.02. The summed E-state index contributed by atoms with van der Waals surface area (Å²) in [6.45, 7) is 4.96. The topological polar surface area (TPSA) is 86.8 Å². The van der Waals surface area contributed by atoms with Gasteiger partial charge in [0.1, 0.15) is 12.6 Å². The van der Waals surface area contributed by atoms with Gasteiger partial charge in [0.05, 0.1) is 11.9 Å². The lowest BCUT2D eigenvalue weighted by Gasteiger charge is -2.32. The molecule has 2 aromatic rings. The predicted molar refractivity (Wildman–Crippen MR) is 131 cm³/mol. The number of amides is 2. The van der Waals surface area contributed by atoms with Crippen LogP contribution in [0.2, 0.25) is 5.02 Å². The zero-order valence-electron chi connectivity index (χ0n) is 18.4. The minimum atomic E-state index is -3.79. The second-order valence-electron chi connectivity index (χ2n) is 7.74. The quantitative estimate of drug-likeness (QED) is 0.520. The molecule has 10 heteroatoms. The van der Waals surface area contributed by atoms with Gasteiger partial charge >= 0.3 is 0 Å². The van der Waals surface area contributed by atoms with Crippen molar-refractivity contribution in [3.8, 4) is 0 Å². The Morgan fingerprint density at radius 1 is 1.09 bits per heavy atom. The van der Waals surface area contributed by atoms with Crippen LogP contribution < -0.4 is 9.62 Å². The molecule has 0 saturated heterocycles. The number of nitrogens with zero attached hydrogens (tertiary/aromatic N) is 2. The largest absolute Gasteiger partial charge is 0.352 e. The molecule has 0 radical (unpaired) electrons. The molecular formula is C22H27BrClN3O4S. The molecule has 1 atom stereocenters. The standard InChI is InChI=1S/C22H27BrClN3O4S/c1-15(2)25-22(29)16(3)26(13-17-8-10-18(23)11-9-17)21(28)14-27(32(4,30)31)20-7-5-6-19(24)12-20/h5-12,15-16H,13-14H2,1-4H3,(H,25,29)/t16-/m1/s1. The van der Waals surface area contributed by atoms with E-state index < -0.39 is 28.5 Å². The van der Waals surface area contributed by atoms with Crippen molar-refractivity contribution in [3.05, 3.63) is 63.6 Å². The number of carbonyl (C=O) groups excluding carboxylic acids is 2.